The van der Waals surface area contributed by atoms with E-state index < -0.39 is 10.0 Å². The molecule has 0 saturated heterocycles. The normalized spacial score (nSPS) is 10.6. The third-order valence-corrected chi connectivity index (χ3v) is 4.21. The van der Waals surface area contributed by atoms with Crippen molar-refractivity contribution in [3.05, 3.63) is 53.8 Å². The monoisotopic (exact) mass is 336 g/mol. The lowest BCUT2D eigenvalue weighted by Crippen LogP contribution is -2.24. The van der Waals surface area contributed by atoms with Gasteiger partial charge in [0.25, 0.3) is 0 Å². The number of aromatic nitrogens is 1. The Hall–Kier alpha value is -2.07. The second-order valence-electron chi connectivity index (χ2n) is 4.11. The Morgan fingerprint density at radius 3 is 2.64 bits per heavy atom. The fourth-order valence-corrected chi connectivity index (χ4v) is 2.54. The largest absolute Gasteiger partial charge is 0.479 e. The predicted molar refractivity (Wildman–Crippen MR) is 84.1 cm³/mol. The van der Waals surface area contributed by atoms with Crippen LogP contribution in [-0.2, 0) is 10.0 Å². The fourth-order valence-electron chi connectivity index (χ4n) is 1.49. The molecule has 114 valence electrons. The maximum Gasteiger partial charge on any atom is 0.241 e. The van der Waals surface area contributed by atoms with E-state index in [1.807, 2.05) is 0 Å². The molecule has 0 spiro atoms. The van der Waals surface area contributed by atoms with E-state index in [1.54, 1.807) is 24.5 Å². The number of halogens is 1. The van der Waals surface area contributed by atoms with Crippen molar-refractivity contribution in [2.75, 3.05) is 13.2 Å². The predicted octanol–water partition coefficient (Wildman–Crippen LogP) is 2.10. The van der Waals surface area contributed by atoms with Gasteiger partial charge in [-0.25, -0.2) is 8.42 Å². The van der Waals surface area contributed by atoms with Crippen molar-refractivity contribution in [3.63, 3.8) is 0 Å². The summed E-state index contributed by atoms with van der Waals surface area (Å²) in [7, 11) is -3.58. The molecule has 0 amide bonds. The van der Waals surface area contributed by atoms with E-state index in [0.717, 1.165) is 0 Å². The summed E-state index contributed by atoms with van der Waals surface area (Å²) in [6.07, 6.45) is 3.22. The van der Waals surface area contributed by atoms with Crippen LogP contribution >= 0.6 is 11.6 Å². The fraction of sp³-hybridized carbons (Fsp3) is 0.133. The molecular formula is C15H13ClN2O3S. The van der Waals surface area contributed by atoms with Gasteiger partial charge in [0, 0.05) is 11.2 Å². The number of hydrogen-bond acceptors (Lipinski definition) is 4. The molecule has 1 N–H and O–H groups in total. The first-order valence-electron chi connectivity index (χ1n) is 6.32. The molecule has 0 bridgehead atoms. The molecule has 1 heterocycles. The number of nitrogens with zero attached hydrogens (tertiary/aromatic N) is 1. The number of ether oxygens (including phenoxy) is 1. The highest BCUT2D eigenvalue weighted by Gasteiger charge is 2.11. The zero-order valence-electron chi connectivity index (χ0n) is 11.5. The first-order valence-corrected chi connectivity index (χ1v) is 8.18. The molecule has 2 rings (SSSR count). The van der Waals surface area contributed by atoms with Gasteiger partial charge in [0.05, 0.1) is 17.6 Å². The summed E-state index contributed by atoms with van der Waals surface area (Å²) in [4.78, 5) is 4.04. The van der Waals surface area contributed by atoms with Crippen LogP contribution < -0.4 is 9.46 Å². The number of sulfonamides is 1. The average Bonchev–Trinajstić information content (AvgIpc) is 2.52. The Labute approximate surface area is 134 Å². The Bertz CT molecular complexity index is 766. The van der Waals surface area contributed by atoms with Gasteiger partial charge in [0.2, 0.25) is 10.0 Å². The van der Waals surface area contributed by atoms with Gasteiger partial charge < -0.3 is 4.74 Å². The van der Waals surface area contributed by atoms with Gasteiger partial charge in [-0.2, -0.15) is 4.72 Å². The highest BCUT2D eigenvalue weighted by Crippen LogP contribution is 2.13. The zero-order chi connectivity index (χ0) is 15.8. The minimum Gasteiger partial charge on any atom is -0.479 e. The minimum atomic E-state index is -3.58. The van der Waals surface area contributed by atoms with Crippen LogP contribution in [0.3, 0.4) is 0 Å². The van der Waals surface area contributed by atoms with Crippen LogP contribution in [0.1, 0.15) is 0 Å². The molecular weight excluding hydrogens is 324 g/mol. The van der Waals surface area contributed by atoms with E-state index in [9.17, 15) is 8.42 Å². The van der Waals surface area contributed by atoms with Crippen LogP contribution in [0.4, 0.5) is 0 Å². The lowest BCUT2D eigenvalue weighted by molar-refractivity contribution is 0.368. The van der Waals surface area contributed by atoms with Crippen molar-refractivity contribution >= 4 is 21.6 Å². The van der Waals surface area contributed by atoms with Crippen LogP contribution in [0.5, 0.6) is 5.75 Å². The maximum atomic E-state index is 11.9. The van der Waals surface area contributed by atoms with Gasteiger partial charge in [0.1, 0.15) is 12.4 Å². The molecule has 1 aromatic heterocycles. The van der Waals surface area contributed by atoms with Gasteiger partial charge >= 0.3 is 0 Å². The van der Waals surface area contributed by atoms with E-state index in [2.05, 4.69) is 21.5 Å². The third-order valence-electron chi connectivity index (χ3n) is 2.54. The van der Waals surface area contributed by atoms with Crippen molar-refractivity contribution in [2.45, 2.75) is 4.90 Å². The summed E-state index contributed by atoms with van der Waals surface area (Å²) in [6, 6.07) is 9.42. The first-order chi connectivity index (χ1) is 10.6. The van der Waals surface area contributed by atoms with Crippen molar-refractivity contribution in [1.82, 2.24) is 9.71 Å². The number of benzene rings is 1. The Balaban J connectivity index is 1.81. The van der Waals surface area contributed by atoms with E-state index >= 15 is 0 Å². The lowest BCUT2D eigenvalue weighted by Gasteiger charge is -2.03. The van der Waals surface area contributed by atoms with E-state index in [1.165, 1.54) is 24.3 Å². The second kappa shape index (κ2) is 7.80. The number of rotatable bonds is 5. The topological polar surface area (TPSA) is 68.3 Å². The molecule has 0 aliphatic heterocycles. The van der Waals surface area contributed by atoms with Crippen molar-refractivity contribution in [3.8, 4) is 17.6 Å². The van der Waals surface area contributed by atoms with Gasteiger partial charge in [-0.05, 0) is 36.4 Å². The first kappa shape index (κ1) is 16.3. The summed E-state index contributed by atoms with van der Waals surface area (Å²) in [5.74, 6) is 6.01. The molecule has 22 heavy (non-hydrogen) atoms. The summed E-state index contributed by atoms with van der Waals surface area (Å²) >= 11 is 5.72. The van der Waals surface area contributed by atoms with Crippen LogP contribution in [0, 0.1) is 11.8 Å². The lowest BCUT2D eigenvalue weighted by atomic mass is 10.4. The van der Waals surface area contributed by atoms with Gasteiger partial charge in [-0.3, -0.25) is 4.98 Å². The molecule has 0 fully saturated rings. The molecule has 0 saturated carbocycles. The zero-order valence-corrected chi connectivity index (χ0v) is 13.1. The molecule has 0 radical (unpaired) electrons. The third kappa shape index (κ3) is 5.04. The Kier molecular flexibility index (Phi) is 5.78. The van der Waals surface area contributed by atoms with Crippen molar-refractivity contribution in [1.29, 1.82) is 0 Å². The number of hydrogen-bond donors (Lipinski definition) is 1. The summed E-state index contributed by atoms with van der Waals surface area (Å²) in [6.45, 7) is 0.162. The van der Waals surface area contributed by atoms with E-state index in [4.69, 9.17) is 16.3 Å². The molecule has 0 atom stereocenters. The molecule has 1 aromatic carbocycles. The summed E-state index contributed by atoms with van der Waals surface area (Å²) < 4.78 is 31.6. The van der Waals surface area contributed by atoms with Crippen molar-refractivity contribution < 1.29 is 13.2 Å². The van der Waals surface area contributed by atoms with E-state index in [0.29, 0.717) is 10.8 Å². The molecule has 2 aromatic rings. The highest BCUT2D eigenvalue weighted by atomic mass is 35.5. The van der Waals surface area contributed by atoms with Gasteiger partial charge in [0.15, 0.2) is 0 Å². The summed E-state index contributed by atoms with van der Waals surface area (Å²) in [5.41, 5.74) is 0. The number of nitrogens with one attached hydrogen (secondary N) is 1. The van der Waals surface area contributed by atoms with Crippen molar-refractivity contribution in [2.24, 2.45) is 0 Å². The van der Waals surface area contributed by atoms with Crippen LogP contribution in [-0.4, -0.2) is 26.6 Å². The minimum absolute atomic E-state index is 0.00135. The molecule has 7 heteroatoms. The number of pyridine rings is 1. The molecule has 0 aliphatic carbocycles. The molecule has 5 nitrogen and oxygen atoms in total. The smallest absolute Gasteiger partial charge is 0.241 e. The second-order valence-corrected chi connectivity index (χ2v) is 6.31. The van der Waals surface area contributed by atoms with Crippen LogP contribution in [0.25, 0.3) is 0 Å². The van der Waals surface area contributed by atoms with Crippen LogP contribution in [0.2, 0.25) is 5.02 Å². The SMILES string of the molecule is O=S(=O)(NCC#CCOc1cccnc1)c1ccc(Cl)cc1. The Morgan fingerprint density at radius 1 is 1.18 bits per heavy atom. The molecule has 0 aliphatic rings. The standard InChI is InChI=1S/C15H13ClN2O3S/c16-13-5-7-15(8-6-13)22(19,20)18-10-1-2-11-21-14-4-3-9-17-12-14/h3-9,12,18H,10-11H2. The van der Waals surface area contributed by atoms with Gasteiger partial charge in [-0.15, -0.1) is 0 Å². The molecule has 0 unspecified atom stereocenters. The van der Waals surface area contributed by atoms with Gasteiger partial charge in [-0.1, -0.05) is 23.4 Å². The average molecular weight is 337 g/mol. The summed E-state index contributed by atoms with van der Waals surface area (Å²) in [5, 5.41) is 0.478. The highest BCUT2D eigenvalue weighted by molar-refractivity contribution is 7.89. The van der Waals surface area contributed by atoms with E-state index in [-0.39, 0.29) is 18.0 Å². The Morgan fingerprint density at radius 2 is 1.95 bits per heavy atom. The van der Waals surface area contributed by atoms with Crippen LogP contribution in [0.15, 0.2) is 53.7 Å². The maximum absolute atomic E-state index is 11.9. The quantitative estimate of drug-likeness (QED) is 0.849.